The second-order valence-electron chi connectivity index (χ2n) is 4.42. The van der Waals surface area contributed by atoms with Crippen LogP contribution >= 0.6 is 23.2 Å². The zero-order chi connectivity index (χ0) is 17.4. The van der Waals surface area contributed by atoms with Crippen LogP contribution in [-0.2, 0) is 30.3 Å². The van der Waals surface area contributed by atoms with Crippen molar-refractivity contribution in [1.29, 1.82) is 0 Å². The molecule has 0 aliphatic carbocycles. The predicted octanol–water partition coefficient (Wildman–Crippen LogP) is 2.15. The Bertz CT molecular complexity index is 573. The van der Waals surface area contributed by atoms with Crippen LogP contribution in [0.2, 0.25) is 10.0 Å². The number of carbonyl (C=O) groups is 3. The Kier molecular flexibility index (Phi) is 7.85. The fraction of sp³-hybridized carbons (Fsp3) is 0.400. The topological polar surface area (TPSA) is 81.7 Å². The van der Waals surface area contributed by atoms with Crippen molar-refractivity contribution in [3.05, 3.63) is 33.8 Å². The van der Waals surface area contributed by atoms with Crippen LogP contribution in [0.4, 0.5) is 0 Å². The van der Waals surface area contributed by atoms with Crippen molar-refractivity contribution >= 4 is 41.0 Å². The summed E-state index contributed by atoms with van der Waals surface area (Å²) in [4.78, 5) is 35.6. The normalized spacial score (nSPS) is 10.3. The van der Waals surface area contributed by atoms with Gasteiger partial charge in [0.25, 0.3) is 0 Å². The van der Waals surface area contributed by atoms with E-state index in [0.717, 1.165) is 0 Å². The second-order valence-corrected chi connectivity index (χ2v) is 5.26. The summed E-state index contributed by atoms with van der Waals surface area (Å²) >= 11 is 11.8. The van der Waals surface area contributed by atoms with Crippen molar-refractivity contribution in [2.75, 3.05) is 13.2 Å². The second kappa shape index (κ2) is 9.37. The molecule has 23 heavy (non-hydrogen) atoms. The number of benzene rings is 1. The minimum atomic E-state index is -1.51. The number of halogens is 2. The molecule has 0 aliphatic heterocycles. The summed E-state index contributed by atoms with van der Waals surface area (Å²) in [7, 11) is 0. The lowest BCUT2D eigenvalue weighted by Crippen LogP contribution is -2.48. The van der Waals surface area contributed by atoms with Crippen molar-refractivity contribution in [2.45, 2.75) is 26.3 Å². The van der Waals surface area contributed by atoms with Gasteiger partial charge in [-0.05, 0) is 31.5 Å². The quantitative estimate of drug-likeness (QED) is 0.594. The number of ether oxygens (including phenoxy) is 2. The van der Waals surface area contributed by atoms with E-state index in [0.29, 0.717) is 15.6 Å². The van der Waals surface area contributed by atoms with Crippen LogP contribution in [0, 0.1) is 0 Å². The van der Waals surface area contributed by atoms with Crippen LogP contribution in [0.1, 0.15) is 19.4 Å². The largest absolute Gasteiger partial charge is 0.464 e. The number of carbonyl (C=O) groups excluding carboxylic acids is 3. The van der Waals surface area contributed by atoms with Crippen molar-refractivity contribution < 1.29 is 23.9 Å². The van der Waals surface area contributed by atoms with E-state index in [4.69, 9.17) is 32.7 Å². The van der Waals surface area contributed by atoms with E-state index >= 15 is 0 Å². The van der Waals surface area contributed by atoms with Gasteiger partial charge in [-0.25, -0.2) is 9.59 Å². The first-order valence-electron chi connectivity index (χ1n) is 6.95. The lowest BCUT2D eigenvalue weighted by atomic mass is 10.1. The minimum Gasteiger partial charge on any atom is -0.464 e. The fourth-order valence-electron chi connectivity index (χ4n) is 1.72. The number of amides is 1. The zero-order valence-electron chi connectivity index (χ0n) is 12.7. The maximum absolute atomic E-state index is 12.1. The summed E-state index contributed by atoms with van der Waals surface area (Å²) < 4.78 is 9.53. The van der Waals surface area contributed by atoms with Crippen molar-refractivity contribution in [3.63, 3.8) is 0 Å². The molecule has 1 rings (SSSR count). The standard InChI is InChI=1S/C15H17Cl2NO5/c1-3-22-14(20)13(15(21)23-4-2)18-12(19)7-9-5-6-10(16)8-11(9)17/h5-6,8,13H,3-4,7H2,1-2H3,(H,18,19). The molecule has 0 radical (unpaired) electrons. The molecule has 0 saturated heterocycles. The van der Waals surface area contributed by atoms with E-state index in [9.17, 15) is 14.4 Å². The van der Waals surface area contributed by atoms with E-state index in [1.807, 2.05) is 0 Å². The SMILES string of the molecule is CCOC(=O)C(NC(=O)Cc1ccc(Cl)cc1Cl)C(=O)OCC. The van der Waals surface area contributed by atoms with E-state index in [-0.39, 0.29) is 19.6 Å². The average molecular weight is 362 g/mol. The zero-order valence-corrected chi connectivity index (χ0v) is 14.2. The molecule has 0 aromatic heterocycles. The van der Waals surface area contributed by atoms with Crippen LogP contribution in [0.3, 0.4) is 0 Å². The van der Waals surface area contributed by atoms with Crippen LogP contribution in [0.15, 0.2) is 18.2 Å². The highest BCUT2D eigenvalue weighted by molar-refractivity contribution is 6.35. The Hall–Kier alpha value is -1.79. The predicted molar refractivity (Wildman–Crippen MR) is 85.4 cm³/mol. The number of hydrogen-bond donors (Lipinski definition) is 1. The van der Waals surface area contributed by atoms with E-state index in [1.165, 1.54) is 6.07 Å². The van der Waals surface area contributed by atoms with Crippen LogP contribution in [0.5, 0.6) is 0 Å². The average Bonchev–Trinajstić information content (AvgIpc) is 2.48. The highest BCUT2D eigenvalue weighted by Gasteiger charge is 2.31. The van der Waals surface area contributed by atoms with Gasteiger partial charge >= 0.3 is 11.9 Å². The lowest BCUT2D eigenvalue weighted by Gasteiger charge is -2.16. The third-order valence-corrected chi connectivity index (χ3v) is 3.30. The van der Waals surface area contributed by atoms with E-state index in [1.54, 1.807) is 26.0 Å². The fourth-order valence-corrected chi connectivity index (χ4v) is 2.19. The van der Waals surface area contributed by atoms with Crippen molar-refractivity contribution in [2.24, 2.45) is 0 Å². The molecule has 0 unspecified atom stereocenters. The van der Waals surface area contributed by atoms with Gasteiger partial charge in [0.2, 0.25) is 11.9 Å². The molecule has 0 heterocycles. The maximum Gasteiger partial charge on any atom is 0.340 e. The Morgan fingerprint density at radius 1 is 1.09 bits per heavy atom. The van der Waals surface area contributed by atoms with Gasteiger partial charge in [-0.15, -0.1) is 0 Å². The Morgan fingerprint density at radius 3 is 2.13 bits per heavy atom. The number of nitrogens with one attached hydrogen (secondary N) is 1. The molecule has 0 saturated carbocycles. The number of hydrogen-bond acceptors (Lipinski definition) is 5. The molecule has 1 aromatic rings. The summed E-state index contributed by atoms with van der Waals surface area (Å²) in [5.41, 5.74) is 0.514. The molecule has 1 N–H and O–H groups in total. The van der Waals surface area contributed by atoms with Crippen LogP contribution < -0.4 is 5.32 Å². The molecule has 1 aromatic carbocycles. The smallest absolute Gasteiger partial charge is 0.340 e. The lowest BCUT2D eigenvalue weighted by molar-refractivity contribution is -0.159. The van der Waals surface area contributed by atoms with Gasteiger partial charge in [-0.2, -0.15) is 0 Å². The van der Waals surface area contributed by atoms with Gasteiger partial charge in [0.05, 0.1) is 19.6 Å². The molecule has 126 valence electrons. The van der Waals surface area contributed by atoms with Gasteiger partial charge in [0.15, 0.2) is 0 Å². The van der Waals surface area contributed by atoms with Gasteiger partial charge in [-0.1, -0.05) is 29.3 Å². The molecule has 0 aliphatic rings. The molecule has 0 atom stereocenters. The van der Waals surface area contributed by atoms with Crippen LogP contribution in [-0.4, -0.2) is 37.1 Å². The number of rotatable bonds is 7. The molecule has 1 amide bonds. The minimum absolute atomic E-state index is 0.0770. The van der Waals surface area contributed by atoms with Crippen molar-refractivity contribution in [3.8, 4) is 0 Å². The maximum atomic E-state index is 12.1. The van der Waals surface area contributed by atoms with Crippen molar-refractivity contribution in [1.82, 2.24) is 5.32 Å². The highest BCUT2D eigenvalue weighted by Crippen LogP contribution is 2.21. The summed E-state index contributed by atoms with van der Waals surface area (Å²) in [6.07, 6.45) is -0.120. The van der Waals surface area contributed by atoms with Crippen LogP contribution in [0.25, 0.3) is 0 Å². The summed E-state index contributed by atoms with van der Waals surface area (Å²) in [6, 6.07) is 3.17. The summed E-state index contributed by atoms with van der Waals surface area (Å²) in [5, 5.41) is 3.05. The first kappa shape index (κ1) is 19.3. The third-order valence-electron chi connectivity index (χ3n) is 2.72. The molecule has 6 nitrogen and oxygen atoms in total. The first-order valence-corrected chi connectivity index (χ1v) is 7.71. The third kappa shape index (κ3) is 6.08. The Morgan fingerprint density at radius 2 is 1.65 bits per heavy atom. The molecule has 0 spiro atoms. The van der Waals surface area contributed by atoms with Gasteiger partial charge in [0.1, 0.15) is 0 Å². The molecule has 0 bridgehead atoms. The first-order chi connectivity index (χ1) is 10.9. The van der Waals surface area contributed by atoms with Gasteiger partial charge in [-0.3, -0.25) is 4.79 Å². The van der Waals surface area contributed by atoms with Gasteiger partial charge in [0, 0.05) is 10.0 Å². The number of esters is 2. The van der Waals surface area contributed by atoms with E-state index in [2.05, 4.69) is 5.32 Å². The highest BCUT2D eigenvalue weighted by atomic mass is 35.5. The van der Waals surface area contributed by atoms with Gasteiger partial charge < -0.3 is 14.8 Å². The molecular weight excluding hydrogens is 345 g/mol. The Balaban J connectivity index is 2.79. The molecular formula is C15H17Cl2NO5. The monoisotopic (exact) mass is 361 g/mol. The Labute approximate surface area is 144 Å². The molecule has 0 fully saturated rings. The summed E-state index contributed by atoms with van der Waals surface area (Å²) in [6.45, 7) is 3.34. The summed E-state index contributed by atoms with van der Waals surface area (Å²) in [5.74, 6) is -2.32. The molecule has 8 heteroatoms. The van der Waals surface area contributed by atoms with E-state index < -0.39 is 23.9 Å².